The number of ether oxygens (including phenoxy) is 4. The zero-order valence-corrected chi connectivity index (χ0v) is 55.9. The molecule has 0 amide bonds. The highest BCUT2D eigenvalue weighted by Gasteiger charge is 2.90. The fourth-order valence-electron chi connectivity index (χ4n) is 9.34. The van der Waals surface area contributed by atoms with Gasteiger partial charge in [-0.15, -0.1) is 0 Å². The van der Waals surface area contributed by atoms with Crippen molar-refractivity contribution in [1.82, 2.24) is 0 Å². The minimum atomic E-state index is -7.99. The van der Waals surface area contributed by atoms with Gasteiger partial charge in [0.2, 0.25) is 9.84 Å². The highest BCUT2D eigenvalue weighted by molar-refractivity contribution is 7.91. The number of rotatable bonds is 28. The van der Waals surface area contributed by atoms with Crippen LogP contribution >= 0.6 is 0 Å². The van der Waals surface area contributed by atoms with Gasteiger partial charge < -0.3 is 18.9 Å². The zero-order chi connectivity index (χ0) is 75.3. The van der Waals surface area contributed by atoms with Gasteiger partial charge in [0.15, 0.2) is 11.6 Å². The molecule has 0 fully saturated rings. The summed E-state index contributed by atoms with van der Waals surface area (Å²) < 4.78 is 367. The van der Waals surface area contributed by atoms with Crippen molar-refractivity contribution in [3.05, 3.63) is 204 Å². The summed E-state index contributed by atoms with van der Waals surface area (Å²) >= 11 is 0. The molecule has 8 aromatic carbocycles. The van der Waals surface area contributed by atoms with Gasteiger partial charge in [-0.05, 0) is 133 Å². The van der Waals surface area contributed by atoms with E-state index in [1.807, 2.05) is 0 Å². The van der Waals surface area contributed by atoms with Gasteiger partial charge in [-0.2, -0.15) is 90.7 Å². The SMILES string of the molecule is C[Si](C)(CCc1ccc(Oc2ccc(S(=O)(=O)c3ccc(Oc4cc(Oc5ccc(C(=O)c6cccc(S(=O)(=O)O)c6)cc5S(=O)(=O)O)cc(Oc5ccc(C(=O)c6cccc(S(=O)(=O)O)c6)cc5S(=O)(=O)O)c4)cc3)cc2)cc1)CCC(F)(F)C(F)(F)C(F)(F)C(F)(F)C(F)(F)C(F)(F)F. The molecule has 4 N–H and O–H groups in total. The largest absolute Gasteiger partial charge is 0.460 e. The fraction of sp³-hybridized carbons (Fsp3) is 0.194. The summed E-state index contributed by atoms with van der Waals surface area (Å²) in [6.45, 7) is 2.62. The third kappa shape index (κ3) is 17.2. The smallest absolute Gasteiger partial charge is 0.457 e. The summed E-state index contributed by atoms with van der Waals surface area (Å²) in [6, 6.07) is 30.0. The van der Waals surface area contributed by atoms with E-state index in [2.05, 4.69) is 0 Å². The Bertz CT molecular complexity index is 4940. The number of ketones is 2. The third-order valence-electron chi connectivity index (χ3n) is 14.9. The Morgan fingerprint density at radius 3 is 1.08 bits per heavy atom. The molecule has 20 nitrogen and oxygen atoms in total. The normalized spacial score (nSPS) is 13.3. The van der Waals surface area contributed by atoms with Crippen molar-refractivity contribution in [3.8, 4) is 46.0 Å². The Morgan fingerprint density at radius 1 is 0.366 bits per heavy atom. The Balaban J connectivity index is 0.995. The highest BCUT2D eigenvalue weighted by atomic mass is 32.2. The van der Waals surface area contributed by atoms with Gasteiger partial charge in [-0.1, -0.05) is 61.6 Å². The molecule has 0 atom stereocenters. The van der Waals surface area contributed by atoms with E-state index in [9.17, 15) is 127 Å². The Labute approximate surface area is 565 Å². The summed E-state index contributed by atoms with van der Waals surface area (Å²) in [5.41, 5.74) is -1.20. The number of hydrogen-bond donors (Lipinski definition) is 4. The van der Waals surface area contributed by atoms with Gasteiger partial charge in [0.05, 0.1) is 19.6 Å². The number of sulfone groups is 1. The van der Waals surface area contributed by atoms with E-state index in [0.717, 1.165) is 127 Å². The van der Waals surface area contributed by atoms with E-state index in [-0.39, 0.29) is 56.4 Å². The molecular formula is C62H47F13O20S5Si. The number of aryl methyl sites for hydroxylation is 1. The molecular weight excluding hydrogens is 1500 g/mol. The molecule has 0 aromatic heterocycles. The van der Waals surface area contributed by atoms with E-state index in [4.69, 9.17) is 18.9 Å². The maximum absolute atomic E-state index is 14.6. The van der Waals surface area contributed by atoms with Crippen LogP contribution in [0.2, 0.25) is 25.2 Å². The van der Waals surface area contributed by atoms with Gasteiger partial charge in [0.1, 0.15) is 55.8 Å². The first-order chi connectivity index (χ1) is 46.3. The maximum Gasteiger partial charge on any atom is 0.460 e. The number of carbonyl (C=O) groups is 2. The number of benzene rings is 8. The molecule has 101 heavy (non-hydrogen) atoms. The van der Waals surface area contributed by atoms with Gasteiger partial charge in [0, 0.05) is 54.9 Å². The number of carbonyl (C=O) groups excluding carboxylic acids is 2. The molecule has 0 aliphatic rings. The molecule has 0 unspecified atom stereocenters. The first-order valence-electron chi connectivity index (χ1n) is 28.1. The molecule has 0 bridgehead atoms. The van der Waals surface area contributed by atoms with Gasteiger partial charge >= 0.3 is 35.8 Å². The lowest BCUT2D eigenvalue weighted by Gasteiger charge is -2.40. The van der Waals surface area contributed by atoms with Crippen molar-refractivity contribution in [2.45, 2.75) is 103 Å². The zero-order valence-electron chi connectivity index (χ0n) is 50.8. The third-order valence-corrected chi connectivity index (χ3v) is 23.4. The fourth-order valence-corrected chi connectivity index (χ4v) is 15.1. The summed E-state index contributed by atoms with van der Waals surface area (Å²) in [7, 11) is -27.9. The maximum atomic E-state index is 14.6. The van der Waals surface area contributed by atoms with Crippen LogP contribution in [0.5, 0.6) is 46.0 Å². The van der Waals surface area contributed by atoms with Crippen molar-refractivity contribution < 1.29 is 146 Å². The average Bonchev–Trinajstić information content (AvgIpc) is 0.710. The summed E-state index contributed by atoms with van der Waals surface area (Å²) in [6.07, 6.45) is -9.79. The molecule has 8 aromatic rings. The van der Waals surface area contributed by atoms with E-state index in [1.165, 1.54) is 49.5 Å². The standard InChI is InChI=1S/C62H47F13O20S5Si/c1-101(2,28-26-57(63,64)58(65,66)59(67,68)60(69,70)61(71,72)62(73,74)75)27-25-36-9-13-41(14-10-36)92-42-15-19-47(20-16-42)96(78,79)48-21-17-43(18-22-48)93-44-33-45(94-51-23-11-39(31-53(51)99(86,87)88)55(76)37-5-3-7-49(29-37)97(80,81)82)35-46(34-44)95-52-24-12-40(32-54(52)100(89,90)91)56(77)38-6-4-8-50(30-38)98(83,84)85/h3-24,29-35H,25-28H2,1-2H3,(H,80,81,82)(H,83,84,85)(H,86,87,88)(H,89,90,91). The first-order valence-corrected chi connectivity index (χ1v) is 38.8. The molecule has 0 aliphatic heterocycles. The van der Waals surface area contributed by atoms with E-state index in [0.29, 0.717) is 17.7 Å². The van der Waals surface area contributed by atoms with Crippen LogP contribution in [0.1, 0.15) is 43.8 Å². The molecule has 0 radical (unpaired) electrons. The minimum absolute atomic E-state index is 0.0147. The Morgan fingerprint density at radius 2 is 0.713 bits per heavy atom. The quantitative estimate of drug-likeness (QED) is 0.0153. The predicted octanol–water partition coefficient (Wildman–Crippen LogP) is 15.5. The molecule has 0 aliphatic carbocycles. The van der Waals surface area contributed by atoms with Crippen molar-refractivity contribution in [3.63, 3.8) is 0 Å². The topological polar surface area (TPSA) is 323 Å². The average molecular weight is 1550 g/mol. The monoisotopic (exact) mass is 1550 g/mol. The van der Waals surface area contributed by atoms with Crippen LogP contribution in [-0.4, -0.2) is 116 Å². The van der Waals surface area contributed by atoms with Gasteiger partial charge in [-0.25, -0.2) is 8.42 Å². The van der Waals surface area contributed by atoms with Crippen molar-refractivity contribution in [2.75, 3.05) is 0 Å². The summed E-state index contributed by atoms with van der Waals surface area (Å²) in [4.78, 5) is 22.8. The number of hydrogen-bond acceptors (Lipinski definition) is 16. The van der Waals surface area contributed by atoms with Crippen LogP contribution in [0.3, 0.4) is 0 Å². The van der Waals surface area contributed by atoms with Crippen LogP contribution in [0.4, 0.5) is 57.1 Å². The lowest BCUT2D eigenvalue weighted by Crippen LogP contribution is -2.70. The number of halogens is 13. The Hall–Kier alpha value is -8.80. The van der Waals surface area contributed by atoms with Crippen LogP contribution in [-0.2, 0) is 56.7 Å². The van der Waals surface area contributed by atoms with Crippen molar-refractivity contribution >= 4 is 70.0 Å². The highest BCUT2D eigenvalue weighted by Crippen LogP contribution is 2.61. The van der Waals surface area contributed by atoms with Gasteiger partial charge in [-0.3, -0.25) is 27.8 Å². The minimum Gasteiger partial charge on any atom is -0.457 e. The summed E-state index contributed by atoms with van der Waals surface area (Å²) in [5.74, 6) is -41.9. The van der Waals surface area contributed by atoms with Crippen molar-refractivity contribution in [1.29, 1.82) is 0 Å². The molecule has 540 valence electrons. The molecule has 0 saturated carbocycles. The molecule has 8 rings (SSSR count). The second-order valence-corrected chi connectivity index (χ2v) is 35.6. The lowest BCUT2D eigenvalue weighted by molar-refractivity contribution is -0.439. The van der Waals surface area contributed by atoms with Crippen LogP contribution < -0.4 is 18.9 Å². The first kappa shape index (κ1) is 77.9. The van der Waals surface area contributed by atoms with E-state index < -0.39 is 172 Å². The molecule has 0 saturated heterocycles. The van der Waals surface area contributed by atoms with Crippen LogP contribution in [0.15, 0.2) is 205 Å². The summed E-state index contributed by atoms with van der Waals surface area (Å²) in [5, 5.41) is 0. The van der Waals surface area contributed by atoms with E-state index in [1.54, 1.807) is 0 Å². The van der Waals surface area contributed by atoms with E-state index >= 15 is 0 Å². The van der Waals surface area contributed by atoms with Crippen LogP contribution in [0.25, 0.3) is 0 Å². The van der Waals surface area contributed by atoms with Gasteiger partial charge in [0.25, 0.3) is 40.5 Å². The predicted molar refractivity (Wildman–Crippen MR) is 330 cm³/mol. The van der Waals surface area contributed by atoms with Crippen molar-refractivity contribution in [2.24, 2.45) is 0 Å². The number of alkyl halides is 13. The van der Waals surface area contributed by atoms with Crippen LogP contribution in [0, 0.1) is 0 Å². The molecule has 0 heterocycles. The molecule has 0 spiro atoms. The second-order valence-electron chi connectivity index (χ2n) is 22.7. The molecule has 39 heteroatoms. The second kappa shape index (κ2) is 27.9. The lowest BCUT2D eigenvalue weighted by atomic mass is 9.93. The Kier molecular flexibility index (Phi) is 21.5.